The van der Waals surface area contributed by atoms with Gasteiger partial charge in [0, 0.05) is 5.57 Å². The van der Waals surface area contributed by atoms with E-state index >= 15 is 0 Å². The third-order valence-electron chi connectivity index (χ3n) is 1.95. The van der Waals surface area contributed by atoms with Gasteiger partial charge in [-0.1, -0.05) is 6.58 Å². The highest BCUT2D eigenvalue weighted by molar-refractivity contribution is 6.14. The SMILES string of the molecule is C=C1CC(=O)N(C(C)C(N)=O)C1=O. The standard InChI is InChI=1S/C8H10N2O3/c1-4-3-6(11)10(8(4)13)5(2)7(9)12/h5H,1,3H2,2H3,(H2,9,12). The molecule has 1 fully saturated rings. The van der Waals surface area contributed by atoms with Crippen LogP contribution >= 0.6 is 0 Å². The zero-order chi connectivity index (χ0) is 10.2. The molecule has 1 unspecified atom stereocenters. The van der Waals surface area contributed by atoms with Crippen molar-refractivity contribution in [3.8, 4) is 0 Å². The first kappa shape index (κ1) is 9.44. The number of nitrogens with two attached hydrogens (primary N) is 1. The van der Waals surface area contributed by atoms with E-state index < -0.39 is 23.8 Å². The van der Waals surface area contributed by atoms with Crippen molar-refractivity contribution < 1.29 is 14.4 Å². The van der Waals surface area contributed by atoms with Gasteiger partial charge < -0.3 is 5.73 Å². The van der Waals surface area contributed by atoms with Crippen LogP contribution < -0.4 is 5.73 Å². The molecule has 1 atom stereocenters. The molecule has 0 spiro atoms. The van der Waals surface area contributed by atoms with E-state index in [1.54, 1.807) is 0 Å². The fourth-order valence-corrected chi connectivity index (χ4v) is 1.15. The van der Waals surface area contributed by atoms with Crippen LogP contribution in [0.4, 0.5) is 0 Å². The number of nitrogens with zero attached hydrogens (tertiary/aromatic N) is 1. The van der Waals surface area contributed by atoms with E-state index in [1.165, 1.54) is 6.92 Å². The van der Waals surface area contributed by atoms with Gasteiger partial charge >= 0.3 is 0 Å². The minimum absolute atomic E-state index is 0.0174. The summed E-state index contributed by atoms with van der Waals surface area (Å²) in [6, 6.07) is -0.890. The highest BCUT2D eigenvalue weighted by atomic mass is 16.2. The number of hydrogen-bond donors (Lipinski definition) is 1. The number of primary amides is 1. The highest BCUT2D eigenvalue weighted by Crippen LogP contribution is 2.18. The molecule has 1 aliphatic rings. The van der Waals surface area contributed by atoms with E-state index in [9.17, 15) is 14.4 Å². The molecule has 3 amide bonds. The summed E-state index contributed by atoms with van der Waals surface area (Å²) in [6.45, 7) is 4.83. The lowest BCUT2D eigenvalue weighted by atomic mass is 10.2. The van der Waals surface area contributed by atoms with Crippen LogP contribution in [-0.2, 0) is 14.4 Å². The first-order valence-electron chi connectivity index (χ1n) is 3.78. The van der Waals surface area contributed by atoms with E-state index in [0.717, 1.165) is 4.90 Å². The van der Waals surface area contributed by atoms with Gasteiger partial charge in [0.05, 0.1) is 6.42 Å². The lowest BCUT2D eigenvalue weighted by molar-refractivity contribution is -0.144. The Morgan fingerprint density at radius 1 is 1.62 bits per heavy atom. The molecule has 0 aliphatic carbocycles. The Bertz CT molecular complexity index is 309. The van der Waals surface area contributed by atoms with Crippen molar-refractivity contribution in [1.82, 2.24) is 4.90 Å². The normalized spacial score (nSPS) is 19.5. The second-order valence-electron chi connectivity index (χ2n) is 2.93. The minimum Gasteiger partial charge on any atom is -0.368 e. The smallest absolute Gasteiger partial charge is 0.257 e. The van der Waals surface area contributed by atoms with E-state index in [2.05, 4.69) is 6.58 Å². The number of hydrogen-bond acceptors (Lipinski definition) is 3. The van der Waals surface area contributed by atoms with Gasteiger partial charge in [0.2, 0.25) is 11.8 Å². The van der Waals surface area contributed by atoms with Crippen LogP contribution in [0.1, 0.15) is 13.3 Å². The van der Waals surface area contributed by atoms with Crippen LogP contribution in [-0.4, -0.2) is 28.7 Å². The quantitative estimate of drug-likeness (QED) is 0.447. The zero-order valence-corrected chi connectivity index (χ0v) is 7.24. The van der Waals surface area contributed by atoms with Crippen molar-refractivity contribution in [2.45, 2.75) is 19.4 Å². The average Bonchev–Trinajstić information content (AvgIpc) is 2.26. The van der Waals surface area contributed by atoms with Crippen LogP contribution in [0.2, 0.25) is 0 Å². The van der Waals surface area contributed by atoms with Crippen molar-refractivity contribution in [3.05, 3.63) is 12.2 Å². The van der Waals surface area contributed by atoms with Gasteiger partial charge in [-0.25, -0.2) is 0 Å². The zero-order valence-electron chi connectivity index (χ0n) is 7.24. The summed E-state index contributed by atoms with van der Waals surface area (Å²) in [7, 11) is 0. The number of amides is 3. The third-order valence-corrected chi connectivity index (χ3v) is 1.95. The Morgan fingerprint density at radius 3 is 2.46 bits per heavy atom. The first-order valence-corrected chi connectivity index (χ1v) is 3.78. The van der Waals surface area contributed by atoms with Crippen molar-refractivity contribution in [1.29, 1.82) is 0 Å². The fraction of sp³-hybridized carbons (Fsp3) is 0.375. The third kappa shape index (κ3) is 1.44. The molecule has 1 saturated heterocycles. The molecule has 5 nitrogen and oxygen atoms in total. The molecule has 0 radical (unpaired) electrons. The summed E-state index contributed by atoms with van der Waals surface area (Å²) < 4.78 is 0. The molecule has 0 aromatic heterocycles. The predicted octanol–water partition coefficient (Wildman–Crippen LogP) is -0.825. The number of carbonyl (C=O) groups is 3. The van der Waals surface area contributed by atoms with Crippen molar-refractivity contribution >= 4 is 17.7 Å². The lowest BCUT2D eigenvalue weighted by Gasteiger charge is -2.18. The molecule has 0 aromatic rings. The Hall–Kier alpha value is -1.65. The number of rotatable bonds is 2. The van der Waals surface area contributed by atoms with Crippen molar-refractivity contribution in [2.75, 3.05) is 0 Å². The molecule has 0 bridgehead atoms. The summed E-state index contributed by atoms with van der Waals surface area (Å²) in [5.74, 6) is -1.62. The maximum absolute atomic E-state index is 11.3. The van der Waals surface area contributed by atoms with E-state index in [-0.39, 0.29) is 12.0 Å². The van der Waals surface area contributed by atoms with Crippen LogP contribution in [0.3, 0.4) is 0 Å². The van der Waals surface area contributed by atoms with Crippen LogP contribution in [0, 0.1) is 0 Å². The maximum atomic E-state index is 11.3. The van der Waals surface area contributed by atoms with Crippen LogP contribution in [0.15, 0.2) is 12.2 Å². The van der Waals surface area contributed by atoms with Gasteiger partial charge in [-0.2, -0.15) is 0 Å². The number of imide groups is 1. The van der Waals surface area contributed by atoms with E-state index in [4.69, 9.17) is 5.73 Å². The average molecular weight is 182 g/mol. The summed E-state index contributed by atoms with van der Waals surface area (Å²) in [6.07, 6.45) is -0.0174. The molecule has 70 valence electrons. The van der Waals surface area contributed by atoms with Crippen molar-refractivity contribution in [3.63, 3.8) is 0 Å². The van der Waals surface area contributed by atoms with Gasteiger partial charge in [-0.05, 0) is 6.92 Å². The van der Waals surface area contributed by atoms with Gasteiger partial charge in [-0.3, -0.25) is 19.3 Å². The topological polar surface area (TPSA) is 80.5 Å². The van der Waals surface area contributed by atoms with Gasteiger partial charge in [0.1, 0.15) is 6.04 Å². The fourth-order valence-electron chi connectivity index (χ4n) is 1.15. The number of carbonyl (C=O) groups excluding carboxylic acids is 3. The summed E-state index contributed by atoms with van der Waals surface area (Å²) in [5.41, 5.74) is 5.18. The molecular formula is C8H10N2O3. The molecule has 1 aliphatic heterocycles. The first-order chi connectivity index (χ1) is 5.95. The van der Waals surface area contributed by atoms with Gasteiger partial charge in [0.15, 0.2) is 0 Å². The van der Waals surface area contributed by atoms with Crippen molar-refractivity contribution in [2.24, 2.45) is 5.73 Å². The molecule has 0 aromatic carbocycles. The maximum Gasteiger partial charge on any atom is 0.257 e. The highest BCUT2D eigenvalue weighted by Gasteiger charge is 2.37. The Morgan fingerprint density at radius 2 is 2.15 bits per heavy atom. The monoisotopic (exact) mass is 182 g/mol. The van der Waals surface area contributed by atoms with Crippen LogP contribution in [0.25, 0.3) is 0 Å². The molecule has 0 saturated carbocycles. The molecule has 1 rings (SSSR count). The largest absolute Gasteiger partial charge is 0.368 e. The Balaban J connectivity index is 2.92. The van der Waals surface area contributed by atoms with E-state index in [1.807, 2.05) is 0 Å². The molecule has 5 heteroatoms. The Labute approximate surface area is 75.2 Å². The minimum atomic E-state index is -0.890. The van der Waals surface area contributed by atoms with Crippen LogP contribution in [0.5, 0.6) is 0 Å². The molecular weight excluding hydrogens is 172 g/mol. The molecule has 1 heterocycles. The molecule has 2 N–H and O–H groups in total. The lowest BCUT2D eigenvalue weighted by Crippen LogP contribution is -2.45. The predicted molar refractivity (Wildman–Crippen MR) is 44.3 cm³/mol. The summed E-state index contributed by atoms with van der Waals surface area (Å²) >= 11 is 0. The van der Waals surface area contributed by atoms with E-state index in [0.29, 0.717) is 0 Å². The molecule has 13 heavy (non-hydrogen) atoms. The van der Waals surface area contributed by atoms with Gasteiger partial charge in [-0.15, -0.1) is 0 Å². The Kier molecular flexibility index (Phi) is 2.18. The second-order valence-corrected chi connectivity index (χ2v) is 2.93. The summed E-state index contributed by atoms with van der Waals surface area (Å²) in [5, 5.41) is 0. The second kappa shape index (κ2) is 3.01. The summed E-state index contributed by atoms with van der Waals surface area (Å²) in [4.78, 5) is 34.0. The van der Waals surface area contributed by atoms with Gasteiger partial charge in [0.25, 0.3) is 5.91 Å². The number of likely N-dealkylation sites (tertiary alicyclic amines) is 1.